The third-order valence-electron chi connectivity index (χ3n) is 6.43. The summed E-state index contributed by atoms with van der Waals surface area (Å²) in [5, 5.41) is 3.55. The predicted molar refractivity (Wildman–Crippen MR) is 127 cm³/mol. The molecule has 0 radical (unpaired) electrons. The Kier molecular flexibility index (Phi) is 8.44. The molecule has 31 heavy (non-hydrogen) atoms. The van der Waals surface area contributed by atoms with E-state index in [1.165, 1.54) is 25.2 Å². The number of guanidine groups is 1. The van der Waals surface area contributed by atoms with Crippen molar-refractivity contribution < 1.29 is 13.2 Å². The van der Waals surface area contributed by atoms with Crippen LogP contribution >= 0.6 is 24.0 Å². The largest absolute Gasteiger partial charge is 0.416 e. The van der Waals surface area contributed by atoms with Crippen LogP contribution in [0.3, 0.4) is 0 Å². The first-order valence-corrected chi connectivity index (χ1v) is 10.7. The molecule has 2 bridgehead atoms. The van der Waals surface area contributed by atoms with E-state index in [9.17, 15) is 13.2 Å². The Balaban J connectivity index is 0.00000272. The molecule has 0 amide bonds. The van der Waals surface area contributed by atoms with Crippen LogP contribution in [0.15, 0.2) is 29.3 Å². The third-order valence-corrected chi connectivity index (χ3v) is 6.43. The Labute approximate surface area is 199 Å². The molecular weight excluding hydrogens is 520 g/mol. The first kappa shape index (κ1) is 24.5. The second-order valence-electron chi connectivity index (χ2n) is 8.38. The number of benzene rings is 1. The summed E-state index contributed by atoms with van der Waals surface area (Å²) in [6.07, 6.45) is -4.29. The molecule has 1 aromatic rings. The predicted octanol–water partition coefficient (Wildman–Crippen LogP) is 2.02. The first-order chi connectivity index (χ1) is 14.4. The molecular formula is C21H32F3IN6. The van der Waals surface area contributed by atoms with E-state index in [1.54, 1.807) is 6.07 Å². The highest BCUT2D eigenvalue weighted by atomic mass is 127. The average Bonchev–Trinajstić information content (AvgIpc) is 2.76. The second kappa shape index (κ2) is 10.7. The molecule has 1 unspecified atom stereocenters. The van der Waals surface area contributed by atoms with Crippen LogP contribution in [-0.4, -0.2) is 104 Å². The summed E-state index contributed by atoms with van der Waals surface area (Å²) >= 11 is 0. The minimum Gasteiger partial charge on any atom is -0.355 e. The summed E-state index contributed by atoms with van der Waals surface area (Å²) in [5.74, 6) is 0.923. The van der Waals surface area contributed by atoms with E-state index in [0.29, 0.717) is 18.2 Å². The number of hydrogen-bond donors (Lipinski definition) is 1. The van der Waals surface area contributed by atoms with Crippen LogP contribution < -0.4 is 5.32 Å². The van der Waals surface area contributed by atoms with Gasteiger partial charge in [0.15, 0.2) is 5.96 Å². The number of nitrogens with one attached hydrogen (secondary N) is 1. The molecule has 10 heteroatoms. The van der Waals surface area contributed by atoms with Gasteiger partial charge in [-0.25, -0.2) is 0 Å². The lowest BCUT2D eigenvalue weighted by atomic mass is 10.1. The zero-order valence-corrected chi connectivity index (χ0v) is 20.3. The molecule has 4 heterocycles. The van der Waals surface area contributed by atoms with Gasteiger partial charge in [-0.15, -0.1) is 24.0 Å². The second-order valence-corrected chi connectivity index (χ2v) is 8.38. The van der Waals surface area contributed by atoms with Crippen LogP contribution in [0.25, 0.3) is 0 Å². The maximum atomic E-state index is 12.9. The molecule has 1 aromatic carbocycles. The van der Waals surface area contributed by atoms with E-state index in [4.69, 9.17) is 0 Å². The van der Waals surface area contributed by atoms with Gasteiger partial charge >= 0.3 is 6.18 Å². The van der Waals surface area contributed by atoms with Crippen molar-refractivity contribution in [2.45, 2.75) is 18.8 Å². The van der Waals surface area contributed by atoms with Crippen LogP contribution in [-0.2, 0) is 12.7 Å². The SMILES string of the molecule is CN=C(NCC1CN2CCN1CC2)N1CCN(Cc2cccc(C(F)(F)F)c2)CC1.I. The summed E-state index contributed by atoms with van der Waals surface area (Å²) in [6.45, 7) is 10.5. The topological polar surface area (TPSA) is 37.4 Å². The Hall–Kier alpha value is -1.11. The average molecular weight is 552 g/mol. The summed E-state index contributed by atoms with van der Waals surface area (Å²) in [6, 6.07) is 6.18. The lowest BCUT2D eigenvalue weighted by Crippen LogP contribution is -2.64. The molecule has 0 aromatic heterocycles. The number of hydrogen-bond acceptors (Lipinski definition) is 4. The highest BCUT2D eigenvalue weighted by Crippen LogP contribution is 2.29. The molecule has 1 atom stereocenters. The highest BCUT2D eigenvalue weighted by Gasteiger charge is 2.32. The molecule has 4 fully saturated rings. The smallest absolute Gasteiger partial charge is 0.355 e. The highest BCUT2D eigenvalue weighted by molar-refractivity contribution is 14.0. The monoisotopic (exact) mass is 552 g/mol. The lowest BCUT2D eigenvalue weighted by molar-refractivity contribution is -0.137. The molecule has 174 valence electrons. The molecule has 0 aliphatic carbocycles. The van der Waals surface area contributed by atoms with Crippen molar-refractivity contribution in [3.8, 4) is 0 Å². The Morgan fingerprint density at radius 2 is 1.77 bits per heavy atom. The van der Waals surface area contributed by atoms with E-state index >= 15 is 0 Å². The van der Waals surface area contributed by atoms with Gasteiger partial charge in [-0.1, -0.05) is 18.2 Å². The maximum Gasteiger partial charge on any atom is 0.416 e. The van der Waals surface area contributed by atoms with Crippen molar-refractivity contribution in [1.29, 1.82) is 0 Å². The molecule has 4 aliphatic rings. The minimum absolute atomic E-state index is 0. The van der Waals surface area contributed by atoms with Gasteiger partial charge in [0.05, 0.1) is 5.56 Å². The fourth-order valence-electron chi connectivity index (χ4n) is 4.68. The molecule has 4 saturated heterocycles. The van der Waals surface area contributed by atoms with Gasteiger partial charge in [0, 0.05) is 85.1 Å². The number of nitrogens with zero attached hydrogens (tertiary/aromatic N) is 5. The quantitative estimate of drug-likeness (QED) is 0.352. The molecule has 0 saturated carbocycles. The zero-order chi connectivity index (χ0) is 21.1. The van der Waals surface area contributed by atoms with E-state index in [-0.39, 0.29) is 24.0 Å². The van der Waals surface area contributed by atoms with Crippen LogP contribution in [0, 0.1) is 0 Å². The first-order valence-electron chi connectivity index (χ1n) is 10.7. The standard InChI is InChI=1S/C21H31F3N6.HI/c1-25-20(26-14-19-16-28-5-9-29(19)10-6-28)30-11-7-27(8-12-30)15-17-3-2-4-18(13-17)21(22,23)24;/h2-4,13,19H,5-12,14-16H2,1H3,(H,25,26);1H. The number of piperazine rings is 4. The summed E-state index contributed by atoms with van der Waals surface area (Å²) < 4.78 is 38.8. The summed E-state index contributed by atoms with van der Waals surface area (Å²) in [4.78, 5) is 14.0. The van der Waals surface area contributed by atoms with E-state index in [0.717, 1.165) is 64.4 Å². The van der Waals surface area contributed by atoms with Crippen molar-refractivity contribution >= 4 is 29.9 Å². The zero-order valence-electron chi connectivity index (χ0n) is 17.9. The van der Waals surface area contributed by atoms with Gasteiger partial charge < -0.3 is 10.2 Å². The van der Waals surface area contributed by atoms with Crippen molar-refractivity contribution in [3.63, 3.8) is 0 Å². The summed E-state index contributed by atoms with van der Waals surface area (Å²) in [7, 11) is 1.81. The van der Waals surface area contributed by atoms with E-state index < -0.39 is 11.7 Å². The number of fused-ring (bicyclic) bond motifs is 3. The minimum atomic E-state index is -4.29. The Morgan fingerprint density at radius 1 is 1.06 bits per heavy atom. The van der Waals surface area contributed by atoms with Gasteiger partial charge in [-0.2, -0.15) is 13.2 Å². The summed E-state index contributed by atoms with van der Waals surface area (Å²) in [5.41, 5.74) is 0.129. The van der Waals surface area contributed by atoms with E-state index in [2.05, 4.69) is 29.9 Å². The fourth-order valence-corrected chi connectivity index (χ4v) is 4.68. The number of alkyl halides is 3. The van der Waals surface area contributed by atoms with E-state index in [1.807, 2.05) is 7.05 Å². The maximum absolute atomic E-state index is 12.9. The van der Waals surface area contributed by atoms with Gasteiger partial charge in [0.1, 0.15) is 0 Å². The molecule has 1 N–H and O–H groups in total. The van der Waals surface area contributed by atoms with Crippen molar-refractivity contribution in [1.82, 2.24) is 24.9 Å². The van der Waals surface area contributed by atoms with Crippen LogP contribution in [0.5, 0.6) is 0 Å². The lowest BCUT2D eigenvalue weighted by Gasteiger charge is -2.47. The molecule has 4 aliphatic heterocycles. The Bertz CT molecular complexity index is 743. The number of halogens is 4. The molecule has 0 spiro atoms. The van der Waals surface area contributed by atoms with Crippen LogP contribution in [0.1, 0.15) is 11.1 Å². The van der Waals surface area contributed by atoms with Crippen molar-refractivity contribution in [2.75, 3.05) is 72.5 Å². The van der Waals surface area contributed by atoms with Crippen LogP contribution in [0.2, 0.25) is 0 Å². The van der Waals surface area contributed by atoms with Gasteiger partial charge in [0.2, 0.25) is 0 Å². The van der Waals surface area contributed by atoms with Crippen molar-refractivity contribution in [3.05, 3.63) is 35.4 Å². The van der Waals surface area contributed by atoms with Gasteiger partial charge in [0.25, 0.3) is 0 Å². The molecule has 6 nitrogen and oxygen atoms in total. The Morgan fingerprint density at radius 3 is 2.35 bits per heavy atom. The molecule has 5 rings (SSSR count). The van der Waals surface area contributed by atoms with Gasteiger partial charge in [-0.3, -0.25) is 19.7 Å². The number of rotatable bonds is 4. The normalized spacial score (nSPS) is 27.2. The van der Waals surface area contributed by atoms with Crippen LogP contribution in [0.4, 0.5) is 13.2 Å². The third kappa shape index (κ3) is 6.23. The van der Waals surface area contributed by atoms with Gasteiger partial charge in [-0.05, 0) is 11.6 Å². The fraction of sp³-hybridized carbons (Fsp3) is 0.667. The number of aliphatic imine (C=N–C) groups is 1. The van der Waals surface area contributed by atoms with Crippen molar-refractivity contribution in [2.24, 2.45) is 4.99 Å².